The largest absolute Gasteiger partial charge is 0.394 e. The van der Waals surface area contributed by atoms with Crippen LogP contribution in [0.4, 0.5) is 11.6 Å². The van der Waals surface area contributed by atoms with E-state index in [-0.39, 0.29) is 23.4 Å². The van der Waals surface area contributed by atoms with Crippen molar-refractivity contribution >= 4 is 22.8 Å². The van der Waals surface area contributed by atoms with E-state index in [2.05, 4.69) is 4.98 Å². The second-order valence-electron chi connectivity index (χ2n) is 7.21. The van der Waals surface area contributed by atoms with E-state index in [9.17, 15) is 35.0 Å². The summed E-state index contributed by atoms with van der Waals surface area (Å²) in [6, 6.07) is 5.30. The first-order chi connectivity index (χ1) is 15.1. The number of non-ortho nitro benzene ring substituents is 1. The summed E-state index contributed by atoms with van der Waals surface area (Å²) in [7, 11) is 0. The molecule has 0 saturated carbocycles. The summed E-state index contributed by atoms with van der Waals surface area (Å²) < 4.78 is 7.82. The Balaban J connectivity index is 1.91. The van der Waals surface area contributed by atoms with E-state index in [1.807, 2.05) is 0 Å². The lowest BCUT2D eigenvalue weighted by atomic mass is 10.1. The molecule has 0 unspecified atom stereocenters. The molecule has 0 spiro atoms. The van der Waals surface area contributed by atoms with Crippen LogP contribution < -0.4 is 22.8 Å². The molecule has 0 radical (unpaired) electrons. The molecule has 15 nitrogen and oxygen atoms in total. The topological polar surface area (TPSA) is 227 Å². The van der Waals surface area contributed by atoms with Gasteiger partial charge in [0.2, 0.25) is 5.95 Å². The van der Waals surface area contributed by atoms with Crippen LogP contribution in [0.1, 0.15) is 11.8 Å². The van der Waals surface area contributed by atoms with Crippen molar-refractivity contribution in [3.63, 3.8) is 0 Å². The number of hydrogen-bond acceptors (Lipinski definition) is 11. The Hall–Kier alpha value is -3.79. The predicted octanol–water partition coefficient (Wildman–Crippen LogP) is -2.78. The minimum Gasteiger partial charge on any atom is -0.394 e. The normalized spacial score (nSPS) is 23.1. The van der Waals surface area contributed by atoms with Crippen LogP contribution in [0.15, 0.2) is 33.9 Å². The fourth-order valence-electron chi connectivity index (χ4n) is 3.62. The van der Waals surface area contributed by atoms with Gasteiger partial charge < -0.3 is 31.6 Å². The number of nitrogens with two attached hydrogens (primary N) is 2. The van der Waals surface area contributed by atoms with Gasteiger partial charge >= 0.3 is 5.69 Å². The fraction of sp³-hybridized carbons (Fsp3) is 0.353. The molecule has 3 aromatic rings. The number of nitro benzene ring substituents is 1. The van der Waals surface area contributed by atoms with Gasteiger partial charge in [-0.3, -0.25) is 19.5 Å². The zero-order chi connectivity index (χ0) is 23.3. The first-order valence-electron chi connectivity index (χ1n) is 9.29. The minimum atomic E-state index is -1.62. The lowest BCUT2D eigenvalue weighted by Gasteiger charge is -2.16. The van der Waals surface area contributed by atoms with Crippen molar-refractivity contribution < 1.29 is 25.0 Å². The van der Waals surface area contributed by atoms with E-state index in [0.29, 0.717) is 10.2 Å². The summed E-state index contributed by atoms with van der Waals surface area (Å²) >= 11 is 0. The van der Waals surface area contributed by atoms with Gasteiger partial charge in [0, 0.05) is 12.1 Å². The summed E-state index contributed by atoms with van der Waals surface area (Å²) in [5.74, 6) is 5.21. The average molecular weight is 449 g/mol. The third-order valence-electron chi connectivity index (χ3n) is 5.30. The molecule has 3 heterocycles. The summed E-state index contributed by atoms with van der Waals surface area (Å²) in [5, 5.41) is 40.7. The Morgan fingerprint density at radius 3 is 2.41 bits per heavy atom. The van der Waals surface area contributed by atoms with Crippen LogP contribution in [-0.4, -0.2) is 64.0 Å². The van der Waals surface area contributed by atoms with Crippen LogP contribution in [0, 0.1) is 10.1 Å². The van der Waals surface area contributed by atoms with Gasteiger partial charge in [0.1, 0.15) is 18.3 Å². The monoisotopic (exact) mass is 449 g/mol. The van der Waals surface area contributed by atoms with Crippen molar-refractivity contribution in [2.24, 2.45) is 0 Å². The Kier molecular flexibility index (Phi) is 5.17. The number of nitrogens with zero attached hydrogens (tertiary/aromatic N) is 5. The van der Waals surface area contributed by atoms with Gasteiger partial charge in [-0.1, -0.05) is 12.1 Å². The van der Waals surface area contributed by atoms with Crippen molar-refractivity contribution in [1.82, 2.24) is 18.8 Å². The third kappa shape index (κ3) is 3.19. The third-order valence-corrected chi connectivity index (χ3v) is 5.30. The first-order valence-corrected chi connectivity index (χ1v) is 9.29. The van der Waals surface area contributed by atoms with E-state index in [1.165, 1.54) is 24.3 Å². The zero-order valence-corrected chi connectivity index (χ0v) is 16.3. The minimum absolute atomic E-state index is 0.159. The van der Waals surface area contributed by atoms with Crippen molar-refractivity contribution in [1.29, 1.82) is 0 Å². The molecule has 0 bridgehead atoms. The smallest absolute Gasteiger partial charge is 0.333 e. The van der Waals surface area contributed by atoms with E-state index in [1.54, 1.807) is 0 Å². The molecule has 1 aliphatic heterocycles. The molecule has 0 amide bonds. The lowest BCUT2D eigenvalue weighted by Crippen LogP contribution is -2.36. The van der Waals surface area contributed by atoms with Crippen molar-refractivity contribution in [2.75, 3.05) is 18.2 Å². The molecular weight excluding hydrogens is 430 g/mol. The first kappa shape index (κ1) is 21.4. The number of nitrogen functional groups attached to an aromatic ring is 2. The maximum Gasteiger partial charge on any atom is 0.333 e. The number of aliphatic hydroxyl groups excluding tert-OH is 3. The number of ether oxygens (including phenoxy) is 1. The number of imidazole rings is 1. The van der Waals surface area contributed by atoms with Gasteiger partial charge in [0.15, 0.2) is 17.4 Å². The molecule has 4 rings (SSSR count). The van der Waals surface area contributed by atoms with E-state index in [4.69, 9.17) is 16.3 Å². The number of aromatic nitrogens is 4. The highest BCUT2D eigenvalue weighted by molar-refractivity contribution is 5.72. The Morgan fingerprint density at radius 2 is 1.84 bits per heavy atom. The van der Waals surface area contributed by atoms with Gasteiger partial charge in [-0.15, -0.1) is 0 Å². The van der Waals surface area contributed by atoms with Gasteiger partial charge in [-0.25, -0.2) is 9.36 Å². The molecule has 170 valence electrons. The number of benzene rings is 1. The summed E-state index contributed by atoms with van der Waals surface area (Å²) in [4.78, 5) is 40.4. The van der Waals surface area contributed by atoms with Crippen molar-refractivity contribution in [2.45, 2.75) is 31.1 Å². The molecule has 32 heavy (non-hydrogen) atoms. The van der Waals surface area contributed by atoms with Crippen LogP contribution in [0.2, 0.25) is 0 Å². The standard InChI is InChI=1S/C17H19N7O8/c18-16-20-13-10(14(28)23(16)19)21(5-7-1-3-8(4-2-7)24(30)31)17(29)22(13)15-12(27)11(26)9(6-25)32-15/h1-4,9,11-12,15,25-27H,5-6,19H2,(H2,18,20)/t9-,11-,12-,15-/m1/s1. The SMILES string of the molecule is Nc1nc2c(c(=O)n1N)n(Cc1ccc([N+](=O)[O-])cc1)c(=O)n2[C@@H]1O[C@H](CO)[C@@H](O)[C@H]1O. The van der Waals surface area contributed by atoms with Crippen LogP contribution in [0.3, 0.4) is 0 Å². The number of anilines is 1. The molecule has 1 fully saturated rings. The lowest BCUT2D eigenvalue weighted by molar-refractivity contribution is -0.384. The molecule has 2 aromatic heterocycles. The number of fused-ring (bicyclic) bond motifs is 1. The zero-order valence-electron chi connectivity index (χ0n) is 16.3. The van der Waals surface area contributed by atoms with Crippen molar-refractivity contribution in [3.05, 3.63) is 60.8 Å². The number of hydrogen-bond donors (Lipinski definition) is 5. The number of aliphatic hydroxyl groups is 3. The summed E-state index contributed by atoms with van der Waals surface area (Å²) in [6.07, 6.45) is -5.78. The Morgan fingerprint density at radius 1 is 1.19 bits per heavy atom. The molecular formula is C17H19N7O8. The van der Waals surface area contributed by atoms with E-state index >= 15 is 0 Å². The summed E-state index contributed by atoms with van der Waals surface area (Å²) in [5.41, 5.74) is 3.73. The molecule has 7 N–H and O–H groups in total. The average Bonchev–Trinajstić information content (AvgIpc) is 3.19. The maximum atomic E-state index is 13.3. The van der Waals surface area contributed by atoms with Gasteiger partial charge in [0.05, 0.1) is 18.1 Å². The Labute approximate surface area is 177 Å². The predicted molar refractivity (Wildman–Crippen MR) is 108 cm³/mol. The highest BCUT2D eigenvalue weighted by Crippen LogP contribution is 2.30. The van der Waals surface area contributed by atoms with E-state index < -0.39 is 53.3 Å². The molecule has 0 aliphatic carbocycles. The quantitative estimate of drug-likeness (QED) is 0.152. The number of nitro groups is 1. The molecule has 1 aliphatic rings. The Bertz CT molecular complexity index is 1310. The second-order valence-corrected chi connectivity index (χ2v) is 7.21. The van der Waals surface area contributed by atoms with Gasteiger partial charge in [0.25, 0.3) is 11.2 Å². The van der Waals surface area contributed by atoms with Gasteiger partial charge in [-0.05, 0) is 5.56 Å². The van der Waals surface area contributed by atoms with E-state index in [0.717, 1.165) is 9.13 Å². The molecule has 15 heteroatoms. The van der Waals surface area contributed by atoms with Crippen molar-refractivity contribution in [3.8, 4) is 0 Å². The second kappa shape index (κ2) is 7.72. The van der Waals surface area contributed by atoms with Crippen LogP contribution in [-0.2, 0) is 11.3 Å². The fourth-order valence-corrected chi connectivity index (χ4v) is 3.62. The van der Waals surface area contributed by atoms with Crippen LogP contribution >= 0.6 is 0 Å². The molecule has 1 saturated heterocycles. The number of rotatable bonds is 5. The van der Waals surface area contributed by atoms with Crippen LogP contribution in [0.5, 0.6) is 0 Å². The molecule has 1 aromatic carbocycles. The van der Waals surface area contributed by atoms with Crippen LogP contribution in [0.25, 0.3) is 11.2 Å². The molecule has 4 atom stereocenters. The highest BCUT2D eigenvalue weighted by Gasteiger charge is 2.45. The van der Waals surface area contributed by atoms with Gasteiger partial charge in [-0.2, -0.15) is 9.66 Å². The maximum absolute atomic E-state index is 13.3. The summed E-state index contributed by atoms with van der Waals surface area (Å²) in [6.45, 7) is -0.827. The highest BCUT2D eigenvalue weighted by atomic mass is 16.6.